The predicted octanol–water partition coefficient (Wildman–Crippen LogP) is 5.88. The minimum atomic E-state index is -4.38. The maximum absolute atomic E-state index is 13.1. The average molecular weight is 354 g/mol. The molecule has 132 valence electrons. The molecule has 1 aliphatic carbocycles. The van der Waals surface area contributed by atoms with Gasteiger partial charge in [-0.25, -0.2) is 0 Å². The van der Waals surface area contributed by atoms with Gasteiger partial charge in [-0.05, 0) is 48.9 Å². The van der Waals surface area contributed by atoms with Crippen molar-refractivity contribution in [2.75, 3.05) is 0 Å². The molecule has 0 unspecified atom stereocenters. The summed E-state index contributed by atoms with van der Waals surface area (Å²) in [5.41, 5.74) is 3.34. The minimum Gasteiger partial charge on any atom is -0.255 e. The van der Waals surface area contributed by atoms with Crippen LogP contribution in [0.2, 0.25) is 0 Å². The maximum atomic E-state index is 13.1. The number of halogens is 3. The van der Waals surface area contributed by atoms with Crippen LogP contribution in [0.3, 0.4) is 0 Å². The van der Waals surface area contributed by atoms with Crippen molar-refractivity contribution < 1.29 is 13.2 Å². The molecule has 2 aromatic carbocycles. The number of benzene rings is 2. The molecule has 0 aliphatic heterocycles. The fraction of sp³-hybridized carbons (Fsp3) is 0.238. The Balaban J connectivity index is 1.90. The summed E-state index contributed by atoms with van der Waals surface area (Å²) in [7, 11) is 0. The van der Waals surface area contributed by atoms with E-state index in [-0.39, 0.29) is 0 Å². The zero-order valence-electron chi connectivity index (χ0n) is 14.1. The lowest BCUT2D eigenvalue weighted by Crippen LogP contribution is -2.08. The number of nitrogens with zero attached hydrogens (tertiary/aromatic N) is 2. The van der Waals surface area contributed by atoms with E-state index in [1.54, 1.807) is 6.21 Å². The second kappa shape index (κ2) is 6.56. The first-order valence-electron chi connectivity index (χ1n) is 8.64. The number of pyridine rings is 1. The molecule has 2 nitrogen and oxygen atoms in total. The van der Waals surface area contributed by atoms with Gasteiger partial charge in [-0.2, -0.15) is 13.2 Å². The van der Waals surface area contributed by atoms with Gasteiger partial charge in [0.2, 0.25) is 0 Å². The molecular formula is C21H17F3N2. The fourth-order valence-corrected chi connectivity index (χ4v) is 3.40. The Labute approximate surface area is 149 Å². The SMILES string of the molecule is FC(F)(F)c1ccc2c(N=Cc3ccccc3)c3c(nc2c1)CCCC3. The molecule has 1 aliphatic rings. The van der Waals surface area contributed by atoms with E-state index >= 15 is 0 Å². The van der Waals surface area contributed by atoms with Gasteiger partial charge in [0.15, 0.2) is 0 Å². The van der Waals surface area contributed by atoms with E-state index in [4.69, 9.17) is 0 Å². The lowest BCUT2D eigenvalue weighted by Gasteiger charge is -2.19. The summed E-state index contributed by atoms with van der Waals surface area (Å²) >= 11 is 0. The van der Waals surface area contributed by atoms with Crippen LogP contribution < -0.4 is 0 Å². The smallest absolute Gasteiger partial charge is 0.255 e. The number of aromatic nitrogens is 1. The van der Waals surface area contributed by atoms with Crippen LogP contribution in [0.15, 0.2) is 53.5 Å². The van der Waals surface area contributed by atoms with Gasteiger partial charge in [0, 0.05) is 17.3 Å². The van der Waals surface area contributed by atoms with Gasteiger partial charge < -0.3 is 0 Å². The van der Waals surface area contributed by atoms with Crippen molar-refractivity contribution in [3.8, 4) is 0 Å². The summed E-state index contributed by atoms with van der Waals surface area (Å²) in [5, 5.41) is 0.672. The first kappa shape index (κ1) is 16.8. The lowest BCUT2D eigenvalue weighted by molar-refractivity contribution is -0.137. The molecule has 0 radical (unpaired) electrons. The van der Waals surface area contributed by atoms with Crippen molar-refractivity contribution in [3.63, 3.8) is 0 Å². The topological polar surface area (TPSA) is 25.2 Å². The number of fused-ring (bicyclic) bond motifs is 2. The molecule has 0 fully saturated rings. The van der Waals surface area contributed by atoms with Crippen LogP contribution in [-0.2, 0) is 19.0 Å². The number of rotatable bonds is 2. The summed E-state index contributed by atoms with van der Waals surface area (Å²) < 4.78 is 39.2. The van der Waals surface area contributed by atoms with E-state index < -0.39 is 11.7 Å². The molecule has 0 spiro atoms. The summed E-state index contributed by atoms with van der Waals surface area (Å²) in [6, 6.07) is 13.4. The standard InChI is InChI=1S/C21H17F3N2/c22-21(23,24)15-10-11-17-19(12-15)26-18-9-5-4-8-16(18)20(17)25-13-14-6-2-1-3-7-14/h1-3,6-7,10-13H,4-5,8-9H2. The molecule has 0 N–H and O–H groups in total. The van der Waals surface area contributed by atoms with Gasteiger partial charge in [0.25, 0.3) is 0 Å². The molecule has 5 heteroatoms. The number of hydrogen-bond acceptors (Lipinski definition) is 2. The number of aliphatic imine (C=N–C) groups is 1. The van der Waals surface area contributed by atoms with Crippen molar-refractivity contribution in [1.29, 1.82) is 0 Å². The van der Waals surface area contributed by atoms with E-state index in [2.05, 4.69) is 9.98 Å². The van der Waals surface area contributed by atoms with E-state index in [0.29, 0.717) is 10.9 Å². The zero-order valence-corrected chi connectivity index (χ0v) is 14.1. The van der Waals surface area contributed by atoms with E-state index in [1.807, 2.05) is 30.3 Å². The van der Waals surface area contributed by atoms with Crippen molar-refractivity contribution in [3.05, 3.63) is 70.9 Å². The number of aryl methyl sites for hydroxylation is 1. The molecule has 0 saturated carbocycles. The van der Waals surface area contributed by atoms with Gasteiger partial charge >= 0.3 is 6.18 Å². The summed E-state index contributed by atoms with van der Waals surface area (Å²) in [5.74, 6) is 0. The van der Waals surface area contributed by atoms with Crippen LogP contribution in [0, 0.1) is 0 Å². The van der Waals surface area contributed by atoms with Gasteiger partial charge in [-0.3, -0.25) is 9.98 Å². The predicted molar refractivity (Wildman–Crippen MR) is 97.1 cm³/mol. The lowest BCUT2D eigenvalue weighted by atomic mass is 9.92. The molecule has 0 amide bonds. The van der Waals surface area contributed by atoms with E-state index in [9.17, 15) is 13.2 Å². The van der Waals surface area contributed by atoms with Crippen LogP contribution in [0.25, 0.3) is 10.9 Å². The van der Waals surface area contributed by atoms with Gasteiger partial charge in [0.05, 0.1) is 16.8 Å². The Hall–Kier alpha value is -2.69. The van der Waals surface area contributed by atoms with Crippen LogP contribution in [0.5, 0.6) is 0 Å². The van der Waals surface area contributed by atoms with E-state index in [0.717, 1.165) is 60.3 Å². The first-order valence-corrected chi connectivity index (χ1v) is 8.64. The summed E-state index contributed by atoms with van der Waals surface area (Å²) in [6.45, 7) is 0. The molecule has 0 atom stereocenters. The van der Waals surface area contributed by atoms with Crippen molar-refractivity contribution >= 4 is 22.8 Å². The maximum Gasteiger partial charge on any atom is 0.416 e. The average Bonchev–Trinajstić information content (AvgIpc) is 2.64. The second-order valence-electron chi connectivity index (χ2n) is 6.49. The third-order valence-electron chi connectivity index (χ3n) is 4.70. The van der Waals surface area contributed by atoms with E-state index in [1.165, 1.54) is 6.07 Å². The second-order valence-corrected chi connectivity index (χ2v) is 6.49. The monoisotopic (exact) mass is 354 g/mol. The van der Waals surface area contributed by atoms with Crippen LogP contribution in [-0.4, -0.2) is 11.2 Å². The normalized spacial score (nSPS) is 14.7. The van der Waals surface area contributed by atoms with Gasteiger partial charge in [-0.1, -0.05) is 36.4 Å². The van der Waals surface area contributed by atoms with Crippen LogP contribution in [0.1, 0.15) is 35.2 Å². The molecular weight excluding hydrogens is 337 g/mol. The first-order chi connectivity index (χ1) is 12.5. The van der Waals surface area contributed by atoms with Crippen molar-refractivity contribution in [1.82, 2.24) is 4.98 Å². The van der Waals surface area contributed by atoms with Crippen LogP contribution in [0.4, 0.5) is 18.9 Å². The molecule has 4 rings (SSSR count). The Kier molecular flexibility index (Phi) is 4.23. The Morgan fingerprint density at radius 2 is 1.73 bits per heavy atom. The van der Waals surface area contributed by atoms with Gasteiger partial charge in [-0.15, -0.1) is 0 Å². The Bertz CT molecular complexity index is 976. The number of hydrogen-bond donors (Lipinski definition) is 0. The highest BCUT2D eigenvalue weighted by Gasteiger charge is 2.31. The summed E-state index contributed by atoms with van der Waals surface area (Å²) in [6.07, 6.45) is 1.09. The van der Waals surface area contributed by atoms with Crippen molar-refractivity contribution in [2.24, 2.45) is 4.99 Å². The number of alkyl halides is 3. The molecule has 0 saturated heterocycles. The molecule has 1 aromatic heterocycles. The highest BCUT2D eigenvalue weighted by Crippen LogP contribution is 2.38. The van der Waals surface area contributed by atoms with Gasteiger partial charge in [0.1, 0.15) is 0 Å². The minimum absolute atomic E-state index is 0.362. The third kappa shape index (κ3) is 3.21. The largest absolute Gasteiger partial charge is 0.416 e. The highest BCUT2D eigenvalue weighted by molar-refractivity contribution is 5.95. The van der Waals surface area contributed by atoms with Crippen LogP contribution >= 0.6 is 0 Å². The quantitative estimate of drug-likeness (QED) is 0.527. The Morgan fingerprint density at radius 3 is 2.50 bits per heavy atom. The Morgan fingerprint density at radius 1 is 0.962 bits per heavy atom. The molecule has 0 bridgehead atoms. The summed E-state index contributed by atoms with van der Waals surface area (Å²) in [4.78, 5) is 9.20. The highest BCUT2D eigenvalue weighted by atomic mass is 19.4. The molecule has 26 heavy (non-hydrogen) atoms. The molecule has 1 heterocycles. The zero-order chi connectivity index (χ0) is 18.1. The molecule has 3 aromatic rings. The fourth-order valence-electron chi connectivity index (χ4n) is 3.40. The van der Waals surface area contributed by atoms with Crippen molar-refractivity contribution in [2.45, 2.75) is 31.9 Å². The third-order valence-corrected chi connectivity index (χ3v) is 4.70.